The van der Waals surface area contributed by atoms with Crippen molar-refractivity contribution in [2.75, 3.05) is 20.2 Å². The normalized spacial score (nSPS) is 23.4. The fourth-order valence-corrected chi connectivity index (χ4v) is 2.78. The molecule has 1 amide bonds. The Hall–Kier alpha value is -0.980. The maximum atomic E-state index is 12.5. The quantitative estimate of drug-likeness (QED) is 0.911. The Labute approximate surface area is 121 Å². The van der Waals surface area contributed by atoms with Crippen molar-refractivity contribution in [3.05, 3.63) is 28.5 Å². The van der Waals surface area contributed by atoms with E-state index in [1.54, 1.807) is 25.6 Å². The Morgan fingerprint density at radius 3 is 3.05 bits per heavy atom. The Bertz CT molecular complexity index is 455. The number of piperidine rings is 1. The van der Waals surface area contributed by atoms with Gasteiger partial charge in [0.1, 0.15) is 0 Å². The number of methoxy groups -OCH3 is 1. The second-order valence-corrected chi connectivity index (χ2v) is 5.58. The summed E-state index contributed by atoms with van der Waals surface area (Å²) in [4.78, 5) is 18.3. The molecule has 2 rings (SSSR count). The van der Waals surface area contributed by atoms with Crippen LogP contribution in [0.15, 0.2) is 22.9 Å². The number of nitrogens with two attached hydrogens (primary N) is 1. The van der Waals surface area contributed by atoms with Crippen LogP contribution in [0.1, 0.15) is 23.2 Å². The molecule has 0 radical (unpaired) electrons. The number of ether oxygens (including phenoxy) is 1. The van der Waals surface area contributed by atoms with E-state index in [1.807, 2.05) is 4.90 Å². The molecule has 0 spiro atoms. The second-order valence-electron chi connectivity index (χ2n) is 4.66. The number of hydrogen-bond donors (Lipinski definition) is 1. The molecule has 1 aliphatic heterocycles. The minimum Gasteiger partial charge on any atom is -0.381 e. The first-order chi connectivity index (χ1) is 9.15. The Morgan fingerprint density at radius 2 is 2.42 bits per heavy atom. The molecule has 1 aromatic rings. The molecule has 0 bridgehead atoms. The lowest BCUT2D eigenvalue weighted by Gasteiger charge is -2.38. The minimum atomic E-state index is -0.0150. The lowest BCUT2D eigenvalue weighted by atomic mass is 9.98. The maximum Gasteiger partial charge on any atom is 0.255 e. The number of aromatic nitrogens is 1. The number of rotatable bonds is 3. The van der Waals surface area contributed by atoms with Crippen LogP contribution in [0.5, 0.6) is 0 Å². The molecule has 5 nitrogen and oxygen atoms in total. The highest BCUT2D eigenvalue weighted by molar-refractivity contribution is 9.10. The third-order valence-electron chi connectivity index (χ3n) is 3.49. The van der Waals surface area contributed by atoms with Gasteiger partial charge in [-0.2, -0.15) is 0 Å². The molecular weight excluding hydrogens is 310 g/mol. The fourth-order valence-electron chi connectivity index (χ4n) is 2.41. The molecule has 6 heteroatoms. The number of hydrogen-bond acceptors (Lipinski definition) is 4. The lowest BCUT2D eigenvalue weighted by Crippen LogP contribution is -2.51. The van der Waals surface area contributed by atoms with Crippen LogP contribution in [0, 0.1) is 0 Å². The molecule has 1 aromatic heterocycles. The van der Waals surface area contributed by atoms with E-state index in [1.165, 1.54) is 0 Å². The predicted octanol–water partition coefficient (Wildman–Crippen LogP) is 1.42. The zero-order valence-electron chi connectivity index (χ0n) is 10.9. The molecule has 0 aliphatic carbocycles. The molecule has 0 saturated carbocycles. The minimum absolute atomic E-state index is 0.0150. The van der Waals surface area contributed by atoms with Crippen molar-refractivity contribution in [3.8, 4) is 0 Å². The van der Waals surface area contributed by atoms with Crippen LogP contribution >= 0.6 is 15.9 Å². The summed E-state index contributed by atoms with van der Waals surface area (Å²) in [5.74, 6) is -0.0150. The van der Waals surface area contributed by atoms with Crippen LogP contribution in [0.4, 0.5) is 0 Å². The van der Waals surface area contributed by atoms with E-state index in [-0.39, 0.29) is 18.1 Å². The number of amides is 1. The molecule has 2 unspecified atom stereocenters. The molecule has 19 heavy (non-hydrogen) atoms. The molecule has 2 N–H and O–H groups in total. The van der Waals surface area contributed by atoms with Crippen LogP contribution in [0.25, 0.3) is 0 Å². The van der Waals surface area contributed by atoms with Gasteiger partial charge in [-0.25, -0.2) is 0 Å². The monoisotopic (exact) mass is 327 g/mol. The summed E-state index contributed by atoms with van der Waals surface area (Å²) in [6, 6.07) is 1.82. The largest absolute Gasteiger partial charge is 0.381 e. The van der Waals surface area contributed by atoms with E-state index < -0.39 is 0 Å². The first kappa shape index (κ1) is 14.4. The van der Waals surface area contributed by atoms with Crippen molar-refractivity contribution in [1.82, 2.24) is 9.88 Å². The Balaban J connectivity index is 2.14. The van der Waals surface area contributed by atoms with Crippen LogP contribution < -0.4 is 5.73 Å². The van der Waals surface area contributed by atoms with Crippen LogP contribution in [0.3, 0.4) is 0 Å². The third kappa shape index (κ3) is 3.32. The summed E-state index contributed by atoms with van der Waals surface area (Å²) in [6.45, 7) is 1.12. The number of nitrogens with zero attached hydrogens (tertiary/aromatic N) is 2. The van der Waals surface area contributed by atoms with Gasteiger partial charge in [-0.05, 0) is 34.8 Å². The van der Waals surface area contributed by atoms with Gasteiger partial charge < -0.3 is 15.4 Å². The van der Waals surface area contributed by atoms with Gasteiger partial charge in [0.15, 0.2) is 0 Å². The molecule has 104 valence electrons. The SMILES string of the molecule is COC1CCN(C(=O)c2cncc(Br)c2)C(CN)C1. The van der Waals surface area contributed by atoms with E-state index in [0.717, 1.165) is 17.3 Å². The van der Waals surface area contributed by atoms with Crippen LogP contribution in [-0.4, -0.2) is 48.1 Å². The van der Waals surface area contributed by atoms with Crippen molar-refractivity contribution in [3.63, 3.8) is 0 Å². The van der Waals surface area contributed by atoms with E-state index >= 15 is 0 Å². The van der Waals surface area contributed by atoms with Crippen LogP contribution in [-0.2, 0) is 4.74 Å². The van der Waals surface area contributed by atoms with Crippen molar-refractivity contribution in [2.24, 2.45) is 5.73 Å². The summed E-state index contributed by atoms with van der Waals surface area (Å²) < 4.78 is 6.16. The van der Waals surface area contributed by atoms with Crippen molar-refractivity contribution in [1.29, 1.82) is 0 Å². The van der Waals surface area contributed by atoms with Gasteiger partial charge in [0.25, 0.3) is 5.91 Å². The number of carbonyl (C=O) groups excluding carboxylic acids is 1. The summed E-state index contributed by atoms with van der Waals surface area (Å²) >= 11 is 3.33. The van der Waals surface area contributed by atoms with Gasteiger partial charge >= 0.3 is 0 Å². The fraction of sp³-hybridized carbons (Fsp3) is 0.538. The number of likely N-dealkylation sites (tertiary alicyclic amines) is 1. The predicted molar refractivity (Wildman–Crippen MR) is 75.8 cm³/mol. The third-order valence-corrected chi connectivity index (χ3v) is 3.92. The molecule has 0 aromatic carbocycles. The molecule has 2 atom stereocenters. The second kappa shape index (κ2) is 6.45. The molecular formula is C13H18BrN3O2. The first-order valence-corrected chi connectivity index (χ1v) is 7.09. The zero-order chi connectivity index (χ0) is 13.8. The van der Waals surface area contributed by atoms with Gasteiger partial charge in [0, 0.05) is 43.1 Å². The molecule has 1 saturated heterocycles. The van der Waals surface area contributed by atoms with Gasteiger partial charge in [-0.1, -0.05) is 0 Å². The van der Waals surface area contributed by atoms with E-state index in [2.05, 4.69) is 20.9 Å². The lowest BCUT2D eigenvalue weighted by molar-refractivity contribution is 0.0139. The highest BCUT2D eigenvalue weighted by atomic mass is 79.9. The number of pyridine rings is 1. The van der Waals surface area contributed by atoms with Crippen LogP contribution in [0.2, 0.25) is 0 Å². The highest BCUT2D eigenvalue weighted by Crippen LogP contribution is 2.22. The van der Waals surface area contributed by atoms with Gasteiger partial charge in [0.2, 0.25) is 0 Å². The maximum absolute atomic E-state index is 12.5. The van der Waals surface area contributed by atoms with Gasteiger partial charge in [0.05, 0.1) is 11.7 Å². The summed E-state index contributed by atoms with van der Waals surface area (Å²) in [5.41, 5.74) is 6.37. The topological polar surface area (TPSA) is 68.5 Å². The Kier molecular flexibility index (Phi) is 4.90. The number of halogens is 1. The van der Waals surface area contributed by atoms with Gasteiger partial charge in [-0.15, -0.1) is 0 Å². The molecule has 1 aliphatic rings. The standard InChI is InChI=1S/C13H18BrN3O2/c1-19-12-2-3-17(11(5-12)6-15)13(18)9-4-10(14)8-16-7-9/h4,7-8,11-12H,2-3,5-6,15H2,1H3. The van der Waals surface area contributed by atoms with E-state index in [9.17, 15) is 4.79 Å². The molecule has 1 fully saturated rings. The summed E-state index contributed by atoms with van der Waals surface area (Å²) in [5, 5.41) is 0. The van der Waals surface area contributed by atoms with Gasteiger partial charge in [-0.3, -0.25) is 9.78 Å². The van der Waals surface area contributed by atoms with Crippen molar-refractivity contribution < 1.29 is 9.53 Å². The van der Waals surface area contributed by atoms with E-state index in [4.69, 9.17) is 10.5 Å². The van der Waals surface area contributed by atoms with Crippen molar-refractivity contribution >= 4 is 21.8 Å². The zero-order valence-corrected chi connectivity index (χ0v) is 12.5. The average molecular weight is 328 g/mol. The van der Waals surface area contributed by atoms with E-state index in [0.29, 0.717) is 18.7 Å². The average Bonchev–Trinajstić information content (AvgIpc) is 2.45. The first-order valence-electron chi connectivity index (χ1n) is 6.30. The Morgan fingerprint density at radius 1 is 1.63 bits per heavy atom. The van der Waals surface area contributed by atoms with Crippen molar-refractivity contribution in [2.45, 2.75) is 25.0 Å². The summed E-state index contributed by atoms with van der Waals surface area (Å²) in [6.07, 6.45) is 5.08. The smallest absolute Gasteiger partial charge is 0.255 e. The highest BCUT2D eigenvalue weighted by Gasteiger charge is 2.31. The summed E-state index contributed by atoms with van der Waals surface area (Å²) in [7, 11) is 1.70. The number of carbonyl (C=O) groups is 1. The molecule has 2 heterocycles.